The van der Waals surface area contributed by atoms with Gasteiger partial charge in [0.25, 0.3) is 0 Å². The van der Waals surface area contributed by atoms with Gasteiger partial charge in [-0.1, -0.05) is 32.4 Å². The van der Waals surface area contributed by atoms with Crippen molar-refractivity contribution in [2.75, 3.05) is 19.6 Å². The molecule has 1 fully saturated rings. The predicted molar refractivity (Wildman–Crippen MR) is 78.8 cm³/mol. The van der Waals surface area contributed by atoms with Gasteiger partial charge in [-0.05, 0) is 51.1 Å². The third kappa shape index (κ3) is 4.10. The Morgan fingerprint density at radius 2 is 2.11 bits per heavy atom. The molecule has 1 aliphatic carbocycles. The van der Waals surface area contributed by atoms with Crippen LogP contribution in [0.4, 0.5) is 0 Å². The Bertz CT molecular complexity index is 260. The maximum absolute atomic E-state index is 3.66. The van der Waals surface area contributed by atoms with Crippen LogP contribution in [0.1, 0.15) is 52.4 Å². The van der Waals surface area contributed by atoms with Gasteiger partial charge in [0.05, 0.1) is 0 Å². The highest BCUT2D eigenvalue weighted by atomic mass is 15.2. The van der Waals surface area contributed by atoms with E-state index in [1.165, 1.54) is 51.6 Å². The van der Waals surface area contributed by atoms with Crippen LogP contribution in [-0.2, 0) is 0 Å². The molecule has 0 aromatic rings. The highest BCUT2D eigenvalue weighted by Gasteiger charge is 2.27. The van der Waals surface area contributed by atoms with Crippen molar-refractivity contribution in [3.8, 4) is 0 Å². The zero-order valence-electron chi connectivity index (χ0n) is 12.2. The van der Waals surface area contributed by atoms with Crippen molar-refractivity contribution in [1.29, 1.82) is 0 Å². The summed E-state index contributed by atoms with van der Waals surface area (Å²) in [6.07, 6.45) is 13.1. The molecule has 2 rings (SSSR count). The largest absolute Gasteiger partial charge is 0.315 e. The SMILES string of the molecule is CC(C)CNCC1CCCCN1C1C=CCCC1. The van der Waals surface area contributed by atoms with Gasteiger partial charge < -0.3 is 5.32 Å². The highest BCUT2D eigenvalue weighted by Crippen LogP contribution is 2.24. The van der Waals surface area contributed by atoms with Crippen molar-refractivity contribution >= 4 is 0 Å². The van der Waals surface area contributed by atoms with Gasteiger partial charge in [-0.2, -0.15) is 0 Å². The number of nitrogens with one attached hydrogen (secondary N) is 1. The standard InChI is InChI=1S/C16H30N2/c1-14(2)12-17-13-16-10-6-7-11-18(16)15-8-4-3-5-9-15/h4,8,14-17H,3,5-7,9-13H2,1-2H3. The van der Waals surface area contributed by atoms with Crippen LogP contribution in [0.15, 0.2) is 12.2 Å². The lowest BCUT2D eigenvalue weighted by Gasteiger charge is -2.41. The van der Waals surface area contributed by atoms with E-state index in [-0.39, 0.29) is 0 Å². The van der Waals surface area contributed by atoms with E-state index < -0.39 is 0 Å². The lowest BCUT2D eigenvalue weighted by atomic mass is 9.94. The molecule has 0 radical (unpaired) electrons. The number of hydrogen-bond donors (Lipinski definition) is 1. The van der Waals surface area contributed by atoms with E-state index >= 15 is 0 Å². The molecule has 0 aromatic carbocycles. The Balaban J connectivity index is 1.84. The molecule has 0 amide bonds. The molecule has 1 aliphatic heterocycles. The fraction of sp³-hybridized carbons (Fsp3) is 0.875. The van der Waals surface area contributed by atoms with Gasteiger partial charge in [0.15, 0.2) is 0 Å². The summed E-state index contributed by atoms with van der Waals surface area (Å²) in [6, 6.07) is 1.50. The fourth-order valence-electron chi connectivity index (χ4n) is 3.29. The van der Waals surface area contributed by atoms with E-state index in [4.69, 9.17) is 0 Å². The van der Waals surface area contributed by atoms with Gasteiger partial charge in [-0.3, -0.25) is 4.90 Å². The summed E-state index contributed by atoms with van der Waals surface area (Å²) in [5, 5.41) is 3.66. The maximum atomic E-state index is 3.66. The molecule has 1 heterocycles. The second-order valence-corrected chi connectivity index (χ2v) is 6.37. The lowest BCUT2D eigenvalue weighted by molar-refractivity contribution is 0.107. The average molecular weight is 250 g/mol. The van der Waals surface area contributed by atoms with E-state index in [1.807, 2.05) is 0 Å². The van der Waals surface area contributed by atoms with Gasteiger partial charge >= 0.3 is 0 Å². The maximum Gasteiger partial charge on any atom is 0.0281 e. The predicted octanol–water partition coefficient (Wildman–Crippen LogP) is 3.20. The van der Waals surface area contributed by atoms with Gasteiger partial charge in [0.2, 0.25) is 0 Å². The topological polar surface area (TPSA) is 15.3 Å². The zero-order valence-corrected chi connectivity index (χ0v) is 12.2. The molecule has 0 bridgehead atoms. The van der Waals surface area contributed by atoms with Crippen LogP contribution in [0.3, 0.4) is 0 Å². The van der Waals surface area contributed by atoms with Gasteiger partial charge in [0, 0.05) is 18.6 Å². The lowest BCUT2D eigenvalue weighted by Crippen LogP contribution is -2.50. The van der Waals surface area contributed by atoms with Crippen molar-refractivity contribution in [3.63, 3.8) is 0 Å². The molecule has 2 atom stereocenters. The number of likely N-dealkylation sites (tertiary alicyclic amines) is 1. The first kappa shape index (κ1) is 14.1. The van der Waals surface area contributed by atoms with Crippen LogP contribution in [0, 0.1) is 5.92 Å². The Labute approximate surface area is 113 Å². The summed E-state index contributed by atoms with van der Waals surface area (Å²) in [4.78, 5) is 2.77. The van der Waals surface area contributed by atoms with Crippen molar-refractivity contribution in [2.45, 2.75) is 64.5 Å². The van der Waals surface area contributed by atoms with E-state index in [1.54, 1.807) is 0 Å². The van der Waals surface area contributed by atoms with E-state index in [2.05, 4.69) is 36.2 Å². The zero-order chi connectivity index (χ0) is 12.8. The van der Waals surface area contributed by atoms with Crippen molar-refractivity contribution < 1.29 is 0 Å². The molecule has 1 saturated heterocycles. The molecule has 2 unspecified atom stereocenters. The molecule has 2 nitrogen and oxygen atoms in total. The Hall–Kier alpha value is -0.340. The third-order valence-electron chi connectivity index (χ3n) is 4.26. The van der Waals surface area contributed by atoms with Crippen LogP contribution >= 0.6 is 0 Å². The first-order chi connectivity index (χ1) is 8.77. The van der Waals surface area contributed by atoms with Crippen LogP contribution in [0.2, 0.25) is 0 Å². The van der Waals surface area contributed by atoms with E-state index in [0.717, 1.165) is 24.5 Å². The monoisotopic (exact) mass is 250 g/mol. The third-order valence-corrected chi connectivity index (χ3v) is 4.26. The number of rotatable bonds is 5. The molecular weight excluding hydrogens is 220 g/mol. The Morgan fingerprint density at radius 1 is 1.22 bits per heavy atom. The second kappa shape index (κ2) is 7.30. The quantitative estimate of drug-likeness (QED) is 0.754. The first-order valence-electron chi connectivity index (χ1n) is 7.90. The summed E-state index contributed by atoms with van der Waals surface area (Å²) in [5.74, 6) is 0.761. The smallest absolute Gasteiger partial charge is 0.0281 e. The fourth-order valence-corrected chi connectivity index (χ4v) is 3.29. The van der Waals surface area contributed by atoms with Gasteiger partial charge in [-0.25, -0.2) is 0 Å². The van der Waals surface area contributed by atoms with Crippen molar-refractivity contribution in [1.82, 2.24) is 10.2 Å². The number of hydrogen-bond acceptors (Lipinski definition) is 2. The number of allylic oxidation sites excluding steroid dienone is 1. The molecule has 0 aromatic heterocycles. The average Bonchev–Trinajstić information content (AvgIpc) is 2.40. The van der Waals surface area contributed by atoms with Gasteiger partial charge in [0.1, 0.15) is 0 Å². The summed E-state index contributed by atoms with van der Waals surface area (Å²) in [5.41, 5.74) is 0. The van der Waals surface area contributed by atoms with Crippen LogP contribution < -0.4 is 5.32 Å². The number of nitrogens with zero attached hydrogens (tertiary/aromatic N) is 1. The molecule has 0 spiro atoms. The summed E-state index contributed by atoms with van der Waals surface area (Å²) in [6.45, 7) is 8.22. The first-order valence-corrected chi connectivity index (χ1v) is 7.90. The molecule has 0 saturated carbocycles. The summed E-state index contributed by atoms with van der Waals surface area (Å²) >= 11 is 0. The van der Waals surface area contributed by atoms with Crippen molar-refractivity contribution in [3.05, 3.63) is 12.2 Å². The van der Waals surface area contributed by atoms with Crippen LogP contribution in [-0.4, -0.2) is 36.6 Å². The molecule has 2 aliphatic rings. The molecule has 2 heteroatoms. The van der Waals surface area contributed by atoms with E-state index in [0.29, 0.717) is 0 Å². The molecule has 1 N–H and O–H groups in total. The van der Waals surface area contributed by atoms with Crippen LogP contribution in [0.5, 0.6) is 0 Å². The Morgan fingerprint density at radius 3 is 2.83 bits per heavy atom. The van der Waals surface area contributed by atoms with Gasteiger partial charge in [-0.15, -0.1) is 0 Å². The Kier molecular flexibility index (Phi) is 5.71. The normalized spacial score (nSPS) is 29.9. The van der Waals surface area contributed by atoms with Crippen molar-refractivity contribution in [2.24, 2.45) is 5.92 Å². The summed E-state index contributed by atoms with van der Waals surface area (Å²) < 4.78 is 0. The minimum absolute atomic E-state index is 0.727. The van der Waals surface area contributed by atoms with Crippen LogP contribution in [0.25, 0.3) is 0 Å². The molecule has 104 valence electrons. The highest BCUT2D eigenvalue weighted by molar-refractivity contribution is 5.01. The molecular formula is C16H30N2. The minimum Gasteiger partial charge on any atom is -0.315 e. The molecule has 18 heavy (non-hydrogen) atoms. The van der Waals surface area contributed by atoms with E-state index in [9.17, 15) is 0 Å². The second-order valence-electron chi connectivity index (χ2n) is 6.37. The minimum atomic E-state index is 0.727. The number of piperidine rings is 1. The summed E-state index contributed by atoms with van der Waals surface area (Å²) in [7, 11) is 0.